The van der Waals surface area contributed by atoms with E-state index in [2.05, 4.69) is 13.2 Å². The predicted octanol–water partition coefficient (Wildman–Crippen LogP) is 7.81. The van der Waals surface area contributed by atoms with Gasteiger partial charge in [-0.1, -0.05) is 89.5 Å². The van der Waals surface area contributed by atoms with Gasteiger partial charge in [0.15, 0.2) is 18.0 Å². The molecule has 0 radical (unpaired) electrons. The Balaban J connectivity index is 1.55. The highest BCUT2D eigenvalue weighted by atomic mass is 16.7. The lowest BCUT2D eigenvalue weighted by atomic mass is 9.68. The number of ether oxygens (including phenoxy) is 9. The highest BCUT2D eigenvalue weighted by Gasteiger charge is 2.57. The lowest BCUT2D eigenvalue weighted by Crippen LogP contribution is -2.65. The third kappa shape index (κ3) is 17.2. The van der Waals surface area contributed by atoms with Crippen molar-refractivity contribution in [2.75, 3.05) is 41.1 Å². The second-order valence-electron chi connectivity index (χ2n) is 22.4. The molecule has 5 rings (SSSR count). The lowest BCUT2D eigenvalue weighted by Gasteiger charge is -2.50. The molecule has 19 heteroatoms. The van der Waals surface area contributed by atoms with Crippen molar-refractivity contribution in [1.82, 2.24) is 4.90 Å². The largest absolute Gasteiger partial charge is 0.508 e. The predicted molar refractivity (Wildman–Crippen MR) is 293 cm³/mol. The molecular formula is C61H87NO18. The summed E-state index contributed by atoms with van der Waals surface area (Å²) < 4.78 is 51.8. The van der Waals surface area contributed by atoms with Crippen LogP contribution < -0.4 is 0 Å². The zero-order chi connectivity index (χ0) is 58.8. The Kier molecular flexibility index (Phi) is 25.3. The molecule has 1 N–H and O–H groups in total. The van der Waals surface area contributed by atoms with E-state index >= 15 is 0 Å². The number of carbonyl (C=O) groups is 8. The van der Waals surface area contributed by atoms with Gasteiger partial charge in [0, 0.05) is 64.4 Å². The molecule has 4 fully saturated rings. The van der Waals surface area contributed by atoms with Gasteiger partial charge in [0.1, 0.15) is 37.2 Å². The Bertz CT molecular complexity index is 2340. The molecule has 16 atom stereocenters. The summed E-state index contributed by atoms with van der Waals surface area (Å²) in [6, 6.07) is -1.23. The minimum absolute atomic E-state index is 0.0224. The fraction of sp³-hybridized carbons (Fsp3) is 0.672. The number of allylic oxidation sites excluding steroid dienone is 6. The van der Waals surface area contributed by atoms with Crippen molar-refractivity contribution in [3.05, 3.63) is 72.9 Å². The molecule has 19 nitrogen and oxygen atoms in total. The molecule has 0 spiro atoms. The number of nitrogens with zero attached hydrogens (tertiary/aromatic N) is 1. The molecule has 1 aliphatic carbocycles. The van der Waals surface area contributed by atoms with Crippen LogP contribution in [-0.4, -0.2) is 153 Å². The molecule has 4 heterocycles. The Morgan fingerprint density at radius 3 is 2.19 bits per heavy atom. The number of amides is 1. The van der Waals surface area contributed by atoms with Gasteiger partial charge in [0.25, 0.3) is 11.7 Å². The summed E-state index contributed by atoms with van der Waals surface area (Å²) in [5.41, 5.74) is 1.16. The SMILES string of the molecule is C=CCOC(=O)CCC(=O)O[C@@H]1C(C)=C[C@@H](C)C(=O)C[C@@H]2OC(=O)[C@@H]3C(CCCN3C(=O)C(=O)[C@]3(O)O[C@@H](CC[C@H]3C)C[C@H](OC)C(C)=CC=CC=C[C@@H](C)C[C@@H](C)C(=O)[C@@H]1OC)[C@@H]2C[C@@H]1CC[C@@H](OC(=O)OCC=C)[C@H](OC)C1. The van der Waals surface area contributed by atoms with Crippen LogP contribution in [0, 0.1) is 41.4 Å². The van der Waals surface area contributed by atoms with E-state index in [1.165, 1.54) is 31.3 Å². The van der Waals surface area contributed by atoms with Gasteiger partial charge in [-0.05, 0) is 101 Å². The second-order valence-corrected chi connectivity index (χ2v) is 22.4. The van der Waals surface area contributed by atoms with Crippen LogP contribution in [0.2, 0.25) is 0 Å². The van der Waals surface area contributed by atoms with Crippen molar-refractivity contribution in [1.29, 1.82) is 0 Å². The maximum Gasteiger partial charge on any atom is 0.508 e. The first-order valence-corrected chi connectivity index (χ1v) is 28.3. The number of Topliss-reactive ketones (excluding diaryl/α,β-unsaturated/α-hetero) is 3. The van der Waals surface area contributed by atoms with E-state index in [9.17, 15) is 43.5 Å². The summed E-state index contributed by atoms with van der Waals surface area (Å²) in [4.78, 5) is 112. The van der Waals surface area contributed by atoms with Crippen LogP contribution in [0.5, 0.6) is 0 Å². The van der Waals surface area contributed by atoms with Gasteiger partial charge in [-0.25, -0.2) is 9.59 Å². The quantitative estimate of drug-likeness (QED) is 0.0754. The number of esters is 3. The van der Waals surface area contributed by atoms with E-state index in [1.54, 1.807) is 40.9 Å². The van der Waals surface area contributed by atoms with Crippen molar-refractivity contribution >= 4 is 47.3 Å². The van der Waals surface area contributed by atoms with Crippen molar-refractivity contribution in [3.8, 4) is 0 Å². The molecule has 0 aromatic carbocycles. The first kappa shape index (κ1) is 65.2. The molecule has 5 aliphatic rings. The fourth-order valence-corrected chi connectivity index (χ4v) is 12.1. The smallest absolute Gasteiger partial charge is 0.461 e. The van der Waals surface area contributed by atoms with Crippen LogP contribution >= 0.6 is 0 Å². The molecule has 0 aromatic heterocycles. The van der Waals surface area contributed by atoms with Gasteiger partial charge < -0.3 is 52.6 Å². The van der Waals surface area contributed by atoms with E-state index in [4.69, 9.17) is 42.6 Å². The summed E-state index contributed by atoms with van der Waals surface area (Å²) in [6.45, 7) is 17.6. The van der Waals surface area contributed by atoms with E-state index in [1.807, 2.05) is 44.2 Å². The fourth-order valence-electron chi connectivity index (χ4n) is 12.1. The molecule has 80 heavy (non-hydrogen) atoms. The second kappa shape index (κ2) is 31.0. The number of piperidine rings is 1. The average molecular weight is 1120 g/mol. The maximum absolute atomic E-state index is 14.7. The normalized spacial score (nSPS) is 34.4. The van der Waals surface area contributed by atoms with E-state index < -0.39 is 120 Å². The number of hydrogen-bond acceptors (Lipinski definition) is 18. The third-order valence-corrected chi connectivity index (χ3v) is 16.6. The average Bonchev–Trinajstić information content (AvgIpc) is 3.51. The molecule has 1 saturated carbocycles. The van der Waals surface area contributed by atoms with Gasteiger partial charge in [0.2, 0.25) is 5.79 Å². The maximum atomic E-state index is 14.7. The molecule has 444 valence electrons. The summed E-state index contributed by atoms with van der Waals surface area (Å²) in [5, 5.41) is 12.2. The molecule has 1 amide bonds. The van der Waals surface area contributed by atoms with Gasteiger partial charge in [-0.15, -0.1) is 0 Å². The van der Waals surface area contributed by atoms with E-state index in [0.717, 1.165) is 5.57 Å². The van der Waals surface area contributed by atoms with Crippen LogP contribution in [0.4, 0.5) is 4.79 Å². The topological polar surface area (TPSA) is 243 Å². The zero-order valence-corrected chi connectivity index (χ0v) is 48.3. The summed E-state index contributed by atoms with van der Waals surface area (Å²) in [6.07, 6.45) is 10.3. The Morgan fingerprint density at radius 1 is 0.787 bits per heavy atom. The summed E-state index contributed by atoms with van der Waals surface area (Å²) in [5.74, 6) is -11.3. The first-order valence-electron chi connectivity index (χ1n) is 28.3. The van der Waals surface area contributed by atoms with Crippen LogP contribution in [0.3, 0.4) is 0 Å². The van der Waals surface area contributed by atoms with Crippen molar-refractivity contribution in [2.24, 2.45) is 41.4 Å². The molecule has 4 bridgehead atoms. The number of aliphatic hydroxyl groups is 1. The molecule has 1 unspecified atom stereocenters. The highest BCUT2D eigenvalue weighted by molar-refractivity contribution is 6.39. The monoisotopic (exact) mass is 1120 g/mol. The van der Waals surface area contributed by atoms with Crippen molar-refractivity contribution in [3.63, 3.8) is 0 Å². The van der Waals surface area contributed by atoms with Crippen LogP contribution in [0.25, 0.3) is 0 Å². The number of rotatable bonds is 14. The number of ketones is 3. The minimum Gasteiger partial charge on any atom is -0.461 e. The zero-order valence-electron chi connectivity index (χ0n) is 48.3. The Hall–Kier alpha value is -5.60. The lowest BCUT2D eigenvalue weighted by molar-refractivity contribution is -0.266. The van der Waals surface area contributed by atoms with E-state index in [0.29, 0.717) is 63.4 Å². The third-order valence-electron chi connectivity index (χ3n) is 16.6. The summed E-state index contributed by atoms with van der Waals surface area (Å²) in [7, 11) is 4.41. The van der Waals surface area contributed by atoms with Crippen LogP contribution in [-0.2, 0) is 76.2 Å². The van der Waals surface area contributed by atoms with Crippen LogP contribution in [0.1, 0.15) is 125 Å². The molecule has 3 saturated heterocycles. The Morgan fingerprint density at radius 2 is 1.50 bits per heavy atom. The first-order chi connectivity index (χ1) is 38.1. The van der Waals surface area contributed by atoms with Gasteiger partial charge in [0.05, 0.1) is 31.2 Å². The van der Waals surface area contributed by atoms with Gasteiger partial charge in [-0.3, -0.25) is 28.8 Å². The Labute approximate surface area is 471 Å². The van der Waals surface area contributed by atoms with Gasteiger partial charge >= 0.3 is 24.1 Å². The summed E-state index contributed by atoms with van der Waals surface area (Å²) >= 11 is 0. The highest BCUT2D eigenvalue weighted by Crippen LogP contribution is 2.46. The number of carbonyl (C=O) groups excluding carboxylic acids is 8. The molecule has 4 aliphatic heterocycles. The van der Waals surface area contributed by atoms with E-state index in [-0.39, 0.29) is 68.8 Å². The molecular weight excluding hydrogens is 1030 g/mol. The van der Waals surface area contributed by atoms with Crippen LogP contribution in [0.15, 0.2) is 72.9 Å². The number of methoxy groups -OCH3 is 3. The standard InChI is InChI=1S/C61H87NO18/c1-12-28-75-51(64)25-26-52(65)79-55-40(7)31-38(5)46(63)35-49-45(32-42-22-24-47(50(33-42)73-10)78-60(70)76-29-13-2)44-20-17-27-62(53(44)59(69)77-49)58(68)57(67)61(71)41(8)21-23-43(80-61)34-48(72-9)37(4)19-16-14-15-18-36(3)30-39(6)54(66)56(55)74-11/h12-16,18-19,31,36,38-39,41-45,47-50,53,55-56,71H,1-2,17,20-30,32-35H2,3-11H3/t36-,38-,39-,41-,42+,43+,44?,45+,47-,48+,49+,50-,53+,55-,56+,61-/m1/s1. The number of fused-ring (bicyclic) bond motifs is 4. The number of hydrogen-bond donors (Lipinski definition) is 1. The minimum atomic E-state index is -2.50. The van der Waals surface area contributed by atoms with Crippen molar-refractivity contribution < 1.29 is 86.1 Å². The van der Waals surface area contributed by atoms with Gasteiger partial charge in [-0.2, -0.15) is 0 Å². The molecule has 0 aromatic rings. The van der Waals surface area contributed by atoms with Crippen molar-refractivity contribution in [2.45, 2.75) is 180 Å².